The van der Waals surface area contributed by atoms with Crippen LogP contribution < -0.4 is 11.1 Å². The number of amides is 1. The molecule has 2 aliphatic rings. The molecule has 3 N–H and O–H groups in total. The van der Waals surface area contributed by atoms with Crippen LogP contribution in [0.3, 0.4) is 0 Å². The molecule has 2 aliphatic carbocycles. The topological polar surface area (TPSA) is 55.1 Å². The smallest absolute Gasteiger partial charge is 0.227 e. The molecule has 0 heterocycles. The van der Waals surface area contributed by atoms with Crippen molar-refractivity contribution < 1.29 is 4.79 Å². The van der Waals surface area contributed by atoms with E-state index in [-0.39, 0.29) is 17.4 Å². The predicted octanol–water partition coefficient (Wildman–Crippen LogP) is 1.56. The Labute approximate surface area is 91.8 Å². The van der Waals surface area contributed by atoms with Crippen LogP contribution in [0.4, 0.5) is 0 Å². The summed E-state index contributed by atoms with van der Waals surface area (Å²) >= 11 is 0. The van der Waals surface area contributed by atoms with Crippen molar-refractivity contribution >= 4 is 5.91 Å². The van der Waals surface area contributed by atoms with Gasteiger partial charge < -0.3 is 11.1 Å². The second kappa shape index (κ2) is 4.12. The molecular weight excluding hydrogens is 188 g/mol. The summed E-state index contributed by atoms with van der Waals surface area (Å²) in [4.78, 5) is 12.1. The monoisotopic (exact) mass is 210 g/mol. The molecule has 1 amide bonds. The van der Waals surface area contributed by atoms with E-state index in [1.54, 1.807) is 0 Å². The van der Waals surface area contributed by atoms with Gasteiger partial charge in [-0.2, -0.15) is 0 Å². The van der Waals surface area contributed by atoms with Crippen molar-refractivity contribution in [2.45, 2.75) is 64.0 Å². The van der Waals surface area contributed by atoms with Crippen LogP contribution in [0.1, 0.15) is 51.9 Å². The maximum Gasteiger partial charge on any atom is 0.227 e. The molecule has 2 rings (SSSR count). The Morgan fingerprint density at radius 1 is 1.27 bits per heavy atom. The molecular formula is C12H22N2O. The Morgan fingerprint density at radius 2 is 1.93 bits per heavy atom. The Kier molecular flexibility index (Phi) is 3.01. The normalized spacial score (nSPS) is 37.1. The number of nitrogens with one attached hydrogen (secondary N) is 1. The van der Waals surface area contributed by atoms with Gasteiger partial charge in [0.2, 0.25) is 5.91 Å². The molecule has 0 radical (unpaired) electrons. The molecule has 0 aromatic heterocycles. The summed E-state index contributed by atoms with van der Waals surface area (Å²) in [7, 11) is 0. The minimum Gasteiger partial charge on any atom is -0.353 e. The van der Waals surface area contributed by atoms with Crippen LogP contribution in [-0.4, -0.2) is 18.0 Å². The van der Waals surface area contributed by atoms with Crippen LogP contribution in [0.15, 0.2) is 0 Å². The van der Waals surface area contributed by atoms with E-state index >= 15 is 0 Å². The number of carbonyl (C=O) groups is 1. The summed E-state index contributed by atoms with van der Waals surface area (Å²) < 4.78 is 0. The predicted molar refractivity (Wildman–Crippen MR) is 60.3 cm³/mol. The second-order valence-electron chi connectivity index (χ2n) is 5.37. The van der Waals surface area contributed by atoms with Crippen molar-refractivity contribution in [1.82, 2.24) is 5.32 Å². The third kappa shape index (κ3) is 2.03. The molecule has 0 spiro atoms. The molecule has 0 saturated heterocycles. The van der Waals surface area contributed by atoms with Crippen LogP contribution in [0.5, 0.6) is 0 Å². The van der Waals surface area contributed by atoms with Gasteiger partial charge in [0.25, 0.3) is 0 Å². The lowest BCUT2D eigenvalue weighted by Gasteiger charge is -2.29. The highest BCUT2D eigenvalue weighted by Crippen LogP contribution is 2.37. The van der Waals surface area contributed by atoms with Crippen molar-refractivity contribution in [3.05, 3.63) is 0 Å². The Morgan fingerprint density at radius 3 is 2.47 bits per heavy atom. The second-order valence-corrected chi connectivity index (χ2v) is 5.37. The first-order chi connectivity index (χ1) is 7.13. The first-order valence-corrected chi connectivity index (χ1v) is 6.19. The Bertz CT molecular complexity index is 248. The van der Waals surface area contributed by atoms with E-state index in [4.69, 9.17) is 5.73 Å². The highest BCUT2D eigenvalue weighted by atomic mass is 16.2. The highest BCUT2D eigenvalue weighted by molar-refractivity contribution is 5.83. The summed E-state index contributed by atoms with van der Waals surface area (Å²) in [5.41, 5.74) is 5.72. The number of nitrogens with two attached hydrogens (primary N) is 1. The fourth-order valence-electron chi connectivity index (χ4n) is 2.90. The summed E-state index contributed by atoms with van der Waals surface area (Å²) in [5, 5.41) is 3.17. The molecule has 3 heteroatoms. The van der Waals surface area contributed by atoms with E-state index in [0.29, 0.717) is 6.04 Å². The number of carbonyl (C=O) groups excluding carboxylic acids is 1. The first kappa shape index (κ1) is 10.9. The van der Waals surface area contributed by atoms with Crippen molar-refractivity contribution in [2.24, 2.45) is 11.1 Å². The van der Waals surface area contributed by atoms with Crippen molar-refractivity contribution in [2.75, 3.05) is 0 Å². The summed E-state index contributed by atoms with van der Waals surface area (Å²) in [5.74, 6) is 0.194. The average molecular weight is 210 g/mol. The number of rotatable bonds is 2. The summed E-state index contributed by atoms with van der Waals surface area (Å²) in [6.45, 7) is 2.02. The van der Waals surface area contributed by atoms with E-state index in [1.165, 1.54) is 12.8 Å². The molecule has 2 saturated carbocycles. The van der Waals surface area contributed by atoms with Crippen LogP contribution in [-0.2, 0) is 4.79 Å². The largest absolute Gasteiger partial charge is 0.353 e. The van der Waals surface area contributed by atoms with Gasteiger partial charge in [0.15, 0.2) is 0 Å². The van der Waals surface area contributed by atoms with Gasteiger partial charge in [0.1, 0.15) is 0 Å². The average Bonchev–Trinajstić information content (AvgIpc) is 2.79. The van der Waals surface area contributed by atoms with Gasteiger partial charge >= 0.3 is 0 Å². The van der Waals surface area contributed by atoms with Gasteiger partial charge in [-0.3, -0.25) is 4.79 Å². The quantitative estimate of drug-likeness (QED) is 0.726. The van der Waals surface area contributed by atoms with E-state index in [0.717, 1.165) is 32.1 Å². The van der Waals surface area contributed by atoms with Gasteiger partial charge in [-0.1, -0.05) is 19.3 Å². The fraction of sp³-hybridized carbons (Fsp3) is 0.917. The van der Waals surface area contributed by atoms with E-state index < -0.39 is 0 Å². The van der Waals surface area contributed by atoms with Crippen LogP contribution in [0.2, 0.25) is 0 Å². The summed E-state index contributed by atoms with van der Waals surface area (Å²) in [6.07, 6.45) is 7.85. The zero-order chi connectivity index (χ0) is 10.9. The van der Waals surface area contributed by atoms with Crippen LogP contribution in [0.25, 0.3) is 0 Å². The van der Waals surface area contributed by atoms with Gasteiger partial charge in [0, 0.05) is 12.1 Å². The molecule has 2 fully saturated rings. The zero-order valence-electron chi connectivity index (χ0n) is 9.59. The number of hydrogen-bond donors (Lipinski definition) is 2. The third-order valence-corrected chi connectivity index (χ3v) is 4.24. The van der Waals surface area contributed by atoms with Gasteiger partial charge in [0.05, 0.1) is 5.41 Å². The molecule has 0 aromatic rings. The van der Waals surface area contributed by atoms with Gasteiger partial charge in [-0.15, -0.1) is 0 Å². The molecule has 0 aromatic carbocycles. The maximum absolute atomic E-state index is 12.1. The minimum absolute atomic E-state index is 0.0545. The van der Waals surface area contributed by atoms with Gasteiger partial charge in [-0.05, 0) is 32.6 Å². The van der Waals surface area contributed by atoms with Crippen LogP contribution in [0, 0.1) is 5.41 Å². The standard InChI is InChI=1S/C12H22N2O/c1-12(8-4-7-10(12)13)11(15)14-9-5-2-3-6-9/h9-10H,2-8,13H2,1H3,(H,14,15). The molecule has 0 aliphatic heterocycles. The molecule has 15 heavy (non-hydrogen) atoms. The van der Waals surface area contributed by atoms with Gasteiger partial charge in [-0.25, -0.2) is 0 Å². The molecule has 86 valence electrons. The third-order valence-electron chi connectivity index (χ3n) is 4.24. The Hall–Kier alpha value is -0.570. The summed E-state index contributed by atoms with van der Waals surface area (Å²) in [6, 6.07) is 0.473. The lowest BCUT2D eigenvalue weighted by Crippen LogP contribution is -2.49. The Balaban J connectivity index is 1.94. The van der Waals surface area contributed by atoms with E-state index in [9.17, 15) is 4.79 Å². The molecule has 0 bridgehead atoms. The van der Waals surface area contributed by atoms with E-state index in [1.807, 2.05) is 6.92 Å². The van der Waals surface area contributed by atoms with Crippen molar-refractivity contribution in [3.8, 4) is 0 Å². The van der Waals surface area contributed by atoms with E-state index in [2.05, 4.69) is 5.32 Å². The number of hydrogen-bond acceptors (Lipinski definition) is 2. The zero-order valence-corrected chi connectivity index (χ0v) is 9.59. The highest BCUT2D eigenvalue weighted by Gasteiger charge is 2.43. The lowest BCUT2D eigenvalue weighted by atomic mass is 9.84. The fourth-order valence-corrected chi connectivity index (χ4v) is 2.90. The maximum atomic E-state index is 12.1. The molecule has 2 unspecified atom stereocenters. The minimum atomic E-state index is -0.303. The molecule has 3 nitrogen and oxygen atoms in total. The SMILES string of the molecule is CC1(C(=O)NC2CCCC2)CCCC1N. The van der Waals surface area contributed by atoms with Crippen molar-refractivity contribution in [3.63, 3.8) is 0 Å². The van der Waals surface area contributed by atoms with Crippen molar-refractivity contribution in [1.29, 1.82) is 0 Å². The first-order valence-electron chi connectivity index (χ1n) is 6.19. The molecule has 2 atom stereocenters. The lowest BCUT2D eigenvalue weighted by molar-refractivity contribution is -0.131. The van der Waals surface area contributed by atoms with Crippen LogP contribution >= 0.6 is 0 Å².